The van der Waals surface area contributed by atoms with Gasteiger partial charge >= 0.3 is 0 Å². The second-order valence-electron chi connectivity index (χ2n) is 18.3. The number of allylic oxidation sites excluding steroid dienone is 9. The van der Waals surface area contributed by atoms with Crippen molar-refractivity contribution in [2.24, 2.45) is 0 Å². The fraction of sp³-hybridized carbons (Fsp3) is 0.119. The van der Waals surface area contributed by atoms with Gasteiger partial charge in [-0.2, -0.15) is 10.5 Å². The van der Waals surface area contributed by atoms with E-state index >= 15 is 0 Å². The van der Waals surface area contributed by atoms with E-state index in [0.717, 1.165) is 55.6 Å². The smallest absolute Gasteiger partial charge is 0.101 e. The van der Waals surface area contributed by atoms with E-state index in [9.17, 15) is 10.5 Å². The van der Waals surface area contributed by atoms with E-state index in [2.05, 4.69) is 195 Å². The van der Waals surface area contributed by atoms with Crippen LogP contribution in [0, 0.1) is 22.7 Å². The minimum atomic E-state index is -0.240. The van der Waals surface area contributed by atoms with Gasteiger partial charge in [-0.3, -0.25) is 0 Å². The number of nitrogens with zero attached hydrogens (tertiary/aromatic N) is 4. The predicted octanol–water partition coefficient (Wildman–Crippen LogP) is 14.8. The van der Waals surface area contributed by atoms with Gasteiger partial charge in [0.15, 0.2) is 0 Å². The highest BCUT2D eigenvalue weighted by atomic mass is 15.0. The first-order valence-corrected chi connectivity index (χ1v) is 21.7. The molecule has 0 saturated heterocycles. The Kier molecular flexibility index (Phi) is 7.64. The molecule has 2 aromatic heterocycles. The summed E-state index contributed by atoms with van der Waals surface area (Å²) in [6.07, 6.45) is 13.6. The van der Waals surface area contributed by atoms with Crippen molar-refractivity contribution in [1.82, 2.24) is 9.13 Å². The lowest BCUT2D eigenvalue weighted by molar-refractivity contribution is 0.654. The van der Waals surface area contributed by atoms with Gasteiger partial charge in [0.1, 0.15) is 12.1 Å². The minimum absolute atomic E-state index is 0.204. The number of hydrogen-bond donors (Lipinski definition) is 0. The number of aromatic nitrogens is 2. The average molecular weight is 807 g/mol. The molecule has 63 heavy (non-hydrogen) atoms. The molecule has 0 saturated carbocycles. The Morgan fingerprint density at radius 1 is 0.524 bits per heavy atom. The maximum atomic E-state index is 11.2. The van der Waals surface area contributed by atoms with E-state index < -0.39 is 0 Å². The first kappa shape index (κ1) is 36.9. The Balaban J connectivity index is 1.13. The topological polar surface area (TPSA) is 57.4 Å². The lowest BCUT2D eigenvalue weighted by Crippen LogP contribution is -2.16. The van der Waals surface area contributed by atoms with Crippen molar-refractivity contribution in [3.63, 3.8) is 0 Å². The molecule has 0 amide bonds. The third kappa shape index (κ3) is 4.90. The van der Waals surface area contributed by atoms with E-state index in [-0.39, 0.29) is 10.8 Å². The van der Waals surface area contributed by atoms with Crippen LogP contribution in [-0.2, 0) is 10.8 Å². The minimum Gasteiger partial charge on any atom is -0.308 e. The van der Waals surface area contributed by atoms with E-state index in [1.165, 1.54) is 55.3 Å². The molecule has 4 nitrogen and oxygen atoms in total. The maximum absolute atomic E-state index is 11.2. The molecule has 12 rings (SSSR count). The molecule has 0 atom stereocenters. The van der Waals surface area contributed by atoms with Crippen molar-refractivity contribution in [3.8, 4) is 34.6 Å². The molecule has 9 aromatic rings. The van der Waals surface area contributed by atoms with Crippen LogP contribution >= 0.6 is 0 Å². The van der Waals surface area contributed by atoms with Gasteiger partial charge in [0.2, 0.25) is 0 Å². The van der Waals surface area contributed by atoms with Gasteiger partial charge in [0.25, 0.3) is 0 Å². The van der Waals surface area contributed by atoms with Gasteiger partial charge in [-0.15, -0.1) is 0 Å². The molecular weight excluding hydrogens is 765 g/mol. The van der Waals surface area contributed by atoms with Gasteiger partial charge in [-0.25, -0.2) is 0 Å². The second kappa shape index (κ2) is 13.0. The summed E-state index contributed by atoms with van der Waals surface area (Å²) >= 11 is 0. The highest BCUT2D eigenvalue weighted by molar-refractivity contribution is 6.21. The Bertz CT molecular complexity index is 3800. The zero-order valence-electron chi connectivity index (χ0n) is 35.7. The average Bonchev–Trinajstić information content (AvgIpc) is 3.96. The normalized spacial score (nSPS) is 17.4. The molecule has 0 fully saturated rings. The number of fused-ring (bicyclic) bond motifs is 15. The summed E-state index contributed by atoms with van der Waals surface area (Å²) in [6.45, 7) is 13.5. The zero-order valence-corrected chi connectivity index (χ0v) is 35.7. The lowest BCUT2D eigenvalue weighted by Gasteiger charge is -2.23. The first-order chi connectivity index (χ1) is 30.6. The summed E-state index contributed by atoms with van der Waals surface area (Å²) < 4.78 is 4.42. The summed E-state index contributed by atoms with van der Waals surface area (Å²) in [6, 6.07) is 48.3. The number of benzene rings is 7. The second-order valence-corrected chi connectivity index (χ2v) is 18.3. The molecule has 3 aliphatic rings. The van der Waals surface area contributed by atoms with Gasteiger partial charge < -0.3 is 9.13 Å². The van der Waals surface area contributed by atoms with Gasteiger partial charge in [-0.05, 0) is 104 Å². The molecular formula is C59H42N4. The van der Waals surface area contributed by atoms with E-state index in [4.69, 9.17) is 0 Å². The van der Waals surface area contributed by atoms with Crippen molar-refractivity contribution in [2.75, 3.05) is 0 Å². The molecule has 0 N–H and O–H groups in total. The van der Waals surface area contributed by atoms with Gasteiger partial charge in [0, 0.05) is 32.4 Å². The van der Waals surface area contributed by atoms with Crippen molar-refractivity contribution in [2.45, 2.75) is 44.9 Å². The van der Waals surface area contributed by atoms with Crippen LogP contribution in [0.25, 0.3) is 82.5 Å². The van der Waals surface area contributed by atoms with Crippen molar-refractivity contribution < 1.29 is 0 Å². The summed E-state index contributed by atoms with van der Waals surface area (Å²) in [4.78, 5) is 0. The summed E-state index contributed by atoms with van der Waals surface area (Å²) in [5.41, 5.74) is 17.1. The van der Waals surface area contributed by atoms with Crippen LogP contribution < -0.4 is 0 Å². The number of rotatable bonds is 2. The molecule has 0 spiro atoms. The zero-order chi connectivity index (χ0) is 42.9. The summed E-state index contributed by atoms with van der Waals surface area (Å²) in [7, 11) is 0. The number of hydrogen-bond acceptors (Lipinski definition) is 2. The van der Waals surface area contributed by atoms with Crippen LogP contribution in [0.1, 0.15) is 67.5 Å². The first-order valence-electron chi connectivity index (χ1n) is 21.7. The Morgan fingerprint density at radius 3 is 1.70 bits per heavy atom. The van der Waals surface area contributed by atoms with Crippen molar-refractivity contribution >= 4 is 60.0 Å². The predicted molar refractivity (Wildman–Crippen MR) is 261 cm³/mol. The monoisotopic (exact) mass is 806 g/mol. The molecule has 7 aromatic carbocycles. The SMILES string of the molecule is C=C1/C=C\C=C/CC2=C(/C=C\1)C(C)(C)c1ccc3c(c12)c1ccccc1n3-c1cc(C#N)c(-n2c3ccccc3c3c4c(ccc32)C(C)(C)c2ccc3ccccc3c2-4)cc1C#N. The third-order valence-corrected chi connectivity index (χ3v) is 14.4. The molecule has 0 unspecified atom stereocenters. The maximum Gasteiger partial charge on any atom is 0.101 e. The molecule has 298 valence electrons. The Labute approximate surface area is 366 Å². The fourth-order valence-corrected chi connectivity index (χ4v) is 11.5. The molecule has 0 radical (unpaired) electrons. The lowest BCUT2D eigenvalue weighted by atomic mass is 9.80. The highest BCUT2D eigenvalue weighted by Crippen LogP contribution is 2.56. The summed E-state index contributed by atoms with van der Waals surface area (Å²) in [5, 5.41) is 29.4. The molecule has 3 aliphatic carbocycles. The van der Waals surface area contributed by atoms with Crippen molar-refractivity contribution in [1.29, 1.82) is 10.5 Å². The van der Waals surface area contributed by atoms with Crippen molar-refractivity contribution in [3.05, 3.63) is 209 Å². The van der Waals surface area contributed by atoms with Gasteiger partial charge in [-0.1, -0.05) is 156 Å². The van der Waals surface area contributed by atoms with Crippen LogP contribution in [0.3, 0.4) is 0 Å². The summed E-state index contributed by atoms with van der Waals surface area (Å²) in [5.74, 6) is 0. The van der Waals surface area contributed by atoms with Crippen LogP contribution in [0.15, 0.2) is 176 Å². The van der Waals surface area contributed by atoms with Crippen LogP contribution in [-0.4, -0.2) is 9.13 Å². The largest absolute Gasteiger partial charge is 0.308 e. The van der Waals surface area contributed by atoms with E-state index in [1.54, 1.807) is 0 Å². The standard InChI is InChI=1S/C59H42N4/c1-35-15-7-6-8-18-40-43(25-23-35)58(2,3)45-27-29-49-55(54(40)45)41-19-11-13-21-47(41)62(49)51-31-38(34-61)52(32-37(51)33-60)63-48-22-14-12-20-42(48)56-50(63)30-28-46-57(56)53-39-17-10-9-16-36(39)24-26-44(53)59(46,4)5/h6-17,19-32H,1,18H2,2-5H3/b8-6-,15-7-,25-23-. The van der Waals surface area contributed by atoms with Crippen LogP contribution in [0.4, 0.5) is 0 Å². The van der Waals surface area contributed by atoms with Crippen LogP contribution in [0.2, 0.25) is 0 Å². The molecule has 0 aliphatic heterocycles. The van der Waals surface area contributed by atoms with E-state index in [1.807, 2.05) is 18.2 Å². The Morgan fingerprint density at radius 2 is 1.06 bits per heavy atom. The van der Waals surface area contributed by atoms with Gasteiger partial charge in [0.05, 0.1) is 44.6 Å². The van der Waals surface area contributed by atoms with E-state index in [0.29, 0.717) is 22.5 Å². The quantitative estimate of drug-likeness (QED) is 0.175. The highest BCUT2D eigenvalue weighted by Gasteiger charge is 2.40. The third-order valence-electron chi connectivity index (χ3n) is 14.4. The molecule has 0 bridgehead atoms. The fourth-order valence-electron chi connectivity index (χ4n) is 11.5. The Hall–Kier alpha value is -7.92. The van der Waals surface area contributed by atoms with Crippen LogP contribution in [0.5, 0.6) is 0 Å². The number of para-hydroxylation sites is 2. The molecule has 2 heterocycles. The number of nitriles is 2. The molecule has 4 heteroatoms.